The molecule has 1 aromatic rings. The zero-order chi connectivity index (χ0) is 11.6. The van der Waals surface area contributed by atoms with Gasteiger partial charge in [-0.15, -0.1) is 0 Å². The fourth-order valence-corrected chi connectivity index (χ4v) is 1.72. The highest BCUT2D eigenvalue weighted by Gasteiger charge is 2.17. The summed E-state index contributed by atoms with van der Waals surface area (Å²) in [5, 5.41) is 0. The van der Waals surface area contributed by atoms with Gasteiger partial charge in [-0.2, -0.15) is 0 Å². The summed E-state index contributed by atoms with van der Waals surface area (Å²) in [4.78, 5) is 10.9. The van der Waals surface area contributed by atoms with Gasteiger partial charge in [0.15, 0.2) is 11.6 Å². The molecule has 2 nitrogen and oxygen atoms in total. The first-order chi connectivity index (χ1) is 6.97. The van der Waals surface area contributed by atoms with E-state index in [1.165, 1.54) is 13.2 Å². The summed E-state index contributed by atoms with van der Waals surface area (Å²) in [5.41, 5.74) is -0.0468. The van der Waals surface area contributed by atoms with Gasteiger partial charge in [0, 0.05) is 10.0 Å². The van der Waals surface area contributed by atoms with Crippen LogP contribution in [-0.2, 0) is 16.0 Å². The molecule has 6 heteroatoms. The molecule has 0 aliphatic heterocycles. The summed E-state index contributed by atoms with van der Waals surface area (Å²) in [6.07, 6.45) is -0.300. The molecule has 0 spiro atoms. The van der Waals surface area contributed by atoms with Crippen molar-refractivity contribution < 1.29 is 18.3 Å². The molecule has 82 valence electrons. The lowest BCUT2D eigenvalue weighted by atomic mass is 10.1. The van der Waals surface area contributed by atoms with Crippen molar-refractivity contribution in [1.82, 2.24) is 0 Å². The van der Waals surface area contributed by atoms with E-state index in [0.29, 0.717) is 4.47 Å². The van der Waals surface area contributed by atoms with Crippen LogP contribution in [0.4, 0.5) is 8.78 Å². The summed E-state index contributed by atoms with van der Waals surface area (Å²) in [7, 11) is 1.19. The number of rotatable bonds is 2. The molecule has 0 aromatic heterocycles. The molecule has 0 N–H and O–H groups in total. The van der Waals surface area contributed by atoms with Crippen LogP contribution >= 0.6 is 31.9 Å². The number of carbonyl (C=O) groups is 1. The topological polar surface area (TPSA) is 26.3 Å². The number of hydrogen-bond acceptors (Lipinski definition) is 2. The normalized spacial score (nSPS) is 10.2. The molecule has 0 unspecified atom stereocenters. The average Bonchev–Trinajstić information content (AvgIpc) is 2.22. The Morgan fingerprint density at radius 2 is 2.00 bits per heavy atom. The first-order valence-electron chi connectivity index (χ1n) is 3.86. The van der Waals surface area contributed by atoms with Crippen molar-refractivity contribution in [2.24, 2.45) is 0 Å². The van der Waals surface area contributed by atoms with E-state index in [4.69, 9.17) is 0 Å². The van der Waals surface area contributed by atoms with Gasteiger partial charge in [-0.25, -0.2) is 8.78 Å². The largest absolute Gasteiger partial charge is 0.469 e. The monoisotopic (exact) mass is 342 g/mol. The first-order valence-corrected chi connectivity index (χ1v) is 5.44. The third kappa shape index (κ3) is 2.75. The summed E-state index contributed by atoms with van der Waals surface area (Å²) in [6.45, 7) is 0. The Hall–Kier alpha value is -0.490. The second kappa shape index (κ2) is 5.03. The third-order valence-corrected chi connectivity index (χ3v) is 3.67. The zero-order valence-corrected chi connectivity index (χ0v) is 10.8. The molecule has 1 aromatic carbocycles. The van der Waals surface area contributed by atoms with E-state index >= 15 is 0 Å². The quantitative estimate of drug-likeness (QED) is 0.468. The van der Waals surface area contributed by atoms with Gasteiger partial charge in [-0.1, -0.05) is 0 Å². The van der Waals surface area contributed by atoms with E-state index in [-0.39, 0.29) is 16.5 Å². The van der Waals surface area contributed by atoms with E-state index in [1.807, 2.05) is 0 Å². The number of halogens is 4. The molecule has 0 amide bonds. The molecule has 0 saturated carbocycles. The number of ether oxygens (including phenoxy) is 1. The Kier molecular flexibility index (Phi) is 4.21. The fourth-order valence-electron chi connectivity index (χ4n) is 0.978. The SMILES string of the molecule is COC(=O)Cc1cc(Br)c(Br)c(F)c1F. The molecular formula is C9H6Br2F2O2. The number of methoxy groups -OCH3 is 1. The molecule has 0 fully saturated rings. The van der Waals surface area contributed by atoms with E-state index in [2.05, 4.69) is 36.6 Å². The summed E-state index contributed by atoms with van der Waals surface area (Å²) in [6, 6.07) is 1.33. The fraction of sp³-hybridized carbons (Fsp3) is 0.222. The Morgan fingerprint density at radius 1 is 1.40 bits per heavy atom. The van der Waals surface area contributed by atoms with Gasteiger partial charge < -0.3 is 4.74 Å². The third-order valence-electron chi connectivity index (χ3n) is 1.74. The number of carbonyl (C=O) groups excluding carboxylic acids is 1. The van der Waals surface area contributed by atoms with Crippen molar-refractivity contribution in [1.29, 1.82) is 0 Å². The van der Waals surface area contributed by atoms with Crippen molar-refractivity contribution in [3.63, 3.8) is 0 Å². The van der Waals surface area contributed by atoms with Crippen molar-refractivity contribution in [2.75, 3.05) is 7.11 Å². The van der Waals surface area contributed by atoms with Gasteiger partial charge in [-0.05, 0) is 37.9 Å². The summed E-state index contributed by atoms with van der Waals surface area (Å²) < 4.78 is 31.2. The molecule has 15 heavy (non-hydrogen) atoms. The Balaban J connectivity index is 3.15. The van der Waals surface area contributed by atoms with E-state index < -0.39 is 17.6 Å². The van der Waals surface area contributed by atoms with Crippen LogP contribution in [0.2, 0.25) is 0 Å². The van der Waals surface area contributed by atoms with Crippen LogP contribution in [0.5, 0.6) is 0 Å². The van der Waals surface area contributed by atoms with Gasteiger partial charge >= 0.3 is 5.97 Å². The van der Waals surface area contributed by atoms with Crippen LogP contribution in [0.25, 0.3) is 0 Å². The second-order valence-corrected chi connectivity index (χ2v) is 4.36. The highest BCUT2D eigenvalue weighted by Crippen LogP contribution is 2.30. The van der Waals surface area contributed by atoms with E-state index in [9.17, 15) is 13.6 Å². The molecule has 0 aliphatic carbocycles. The molecule has 0 aliphatic rings. The van der Waals surface area contributed by atoms with Gasteiger partial charge in [0.2, 0.25) is 0 Å². The average molecular weight is 344 g/mol. The maximum atomic E-state index is 13.3. The molecule has 0 atom stereocenters. The minimum Gasteiger partial charge on any atom is -0.469 e. The summed E-state index contributed by atoms with van der Waals surface area (Å²) >= 11 is 5.91. The van der Waals surface area contributed by atoms with Crippen LogP contribution < -0.4 is 0 Å². The predicted octanol–water partition coefficient (Wildman–Crippen LogP) is 3.21. The van der Waals surface area contributed by atoms with Crippen molar-refractivity contribution in [2.45, 2.75) is 6.42 Å². The molecule has 0 heterocycles. The van der Waals surface area contributed by atoms with Gasteiger partial charge in [-0.3, -0.25) is 4.79 Å². The van der Waals surface area contributed by atoms with Gasteiger partial charge in [0.05, 0.1) is 18.0 Å². The van der Waals surface area contributed by atoms with Crippen LogP contribution in [0.3, 0.4) is 0 Å². The first kappa shape index (κ1) is 12.6. The number of esters is 1. The van der Waals surface area contributed by atoms with Crippen molar-refractivity contribution in [3.05, 3.63) is 32.2 Å². The minimum atomic E-state index is -1.05. The van der Waals surface area contributed by atoms with E-state index in [1.54, 1.807) is 0 Å². The maximum Gasteiger partial charge on any atom is 0.310 e. The van der Waals surface area contributed by atoms with Gasteiger partial charge in [0.1, 0.15) is 0 Å². The number of benzene rings is 1. The Labute approximate surface area is 102 Å². The highest BCUT2D eigenvalue weighted by molar-refractivity contribution is 9.13. The Morgan fingerprint density at radius 3 is 2.53 bits per heavy atom. The van der Waals surface area contributed by atoms with Crippen LogP contribution in [0.15, 0.2) is 15.0 Å². The van der Waals surface area contributed by atoms with Crippen molar-refractivity contribution in [3.8, 4) is 0 Å². The van der Waals surface area contributed by atoms with Crippen LogP contribution in [0.1, 0.15) is 5.56 Å². The standard InChI is InChI=1S/C9H6Br2F2O2/c1-15-6(14)3-4-2-5(10)7(11)9(13)8(4)12/h2H,3H2,1H3. The maximum absolute atomic E-state index is 13.3. The Bertz CT molecular complexity index is 408. The van der Waals surface area contributed by atoms with Crippen LogP contribution in [0, 0.1) is 11.6 Å². The number of hydrogen-bond donors (Lipinski definition) is 0. The molecule has 0 saturated heterocycles. The lowest BCUT2D eigenvalue weighted by molar-refractivity contribution is -0.139. The van der Waals surface area contributed by atoms with Crippen molar-refractivity contribution >= 4 is 37.8 Å². The lowest BCUT2D eigenvalue weighted by Gasteiger charge is -2.06. The highest BCUT2D eigenvalue weighted by atomic mass is 79.9. The molecule has 0 bridgehead atoms. The second-order valence-electron chi connectivity index (χ2n) is 2.71. The molecule has 0 radical (unpaired) electrons. The smallest absolute Gasteiger partial charge is 0.310 e. The molecule has 1 rings (SSSR count). The lowest BCUT2D eigenvalue weighted by Crippen LogP contribution is -2.07. The minimum absolute atomic E-state index is 0.00591. The van der Waals surface area contributed by atoms with Gasteiger partial charge in [0.25, 0.3) is 0 Å². The summed E-state index contributed by atoms with van der Waals surface area (Å²) in [5.74, 6) is -2.69. The van der Waals surface area contributed by atoms with Crippen LogP contribution in [-0.4, -0.2) is 13.1 Å². The molecular weight excluding hydrogens is 338 g/mol. The zero-order valence-electron chi connectivity index (χ0n) is 7.61. The predicted molar refractivity (Wildman–Crippen MR) is 57.5 cm³/mol. The van der Waals surface area contributed by atoms with E-state index in [0.717, 1.165) is 0 Å².